The van der Waals surface area contributed by atoms with Gasteiger partial charge in [-0.15, -0.1) is 0 Å². The van der Waals surface area contributed by atoms with E-state index in [1.165, 1.54) is 0 Å². The Morgan fingerprint density at radius 3 is 2.31 bits per heavy atom. The third kappa shape index (κ3) is 5.16. The number of likely N-dealkylation sites (N-methyl/N-ethyl adjacent to an activating group) is 2. The van der Waals surface area contributed by atoms with Crippen molar-refractivity contribution in [2.24, 2.45) is 0 Å². The molecule has 0 aliphatic heterocycles. The first-order valence-electron chi connectivity index (χ1n) is 8.55. The number of nitrogens with one attached hydrogen (secondary N) is 2. The van der Waals surface area contributed by atoms with Crippen molar-refractivity contribution in [3.63, 3.8) is 0 Å². The predicted molar refractivity (Wildman–Crippen MR) is 102 cm³/mol. The lowest BCUT2D eigenvalue weighted by atomic mass is 9.92. The fourth-order valence-corrected chi connectivity index (χ4v) is 2.41. The van der Waals surface area contributed by atoms with Crippen LogP contribution in [0.1, 0.15) is 26.5 Å². The van der Waals surface area contributed by atoms with Crippen LogP contribution in [0.4, 0.5) is 5.82 Å². The van der Waals surface area contributed by atoms with Crippen LogP contribution in [0.3, 0.4) is 0 Å². The van der Waals surface area contributed by atoms with Gasteiger partial charge in [-0.1, -0.05) is 39.0 Å². The van der Waals surface area contributed by atoms with E-state index in [9.17, 15) is 9.59 Å². The highest BCUT2D eigenvalue weighted by Gasteiger charge is 2.21. The standard InChI is InChI=1S/C19H27N5O2/c1-19(2,3)15-11-16(24(22-15)14-9-7-6-8-10-14)21-18(26)13-23(5)12-17(25)20-4/h6-11H,12-13H2,1-5H3,(H,20,25)(H,21,26). The highest BCUT2D eigenvalue weighted by Crippen LogP contribution is 2.26. The lowest BCUT2D eigenvalue weighted by Crippen LogP contribution is -2.37. The van der Waals surface area contributed by atoms with Gasteiger partial charge in [-0.3, -0.25) is 14.5 Å². The summed E-state index contributed by atoms with van der Waals surface area (Å²) in [5.74, 6) is 0.276. The van der Waals surface area contributed by atoms with E-state index in [1.54, 1.807) is 23.7 Å². The number of rotatable bonds is 6. The minimum Gasteiger partial charge on any atom is -0.358 e. The quantitative estimate of drug-likeness (QED) is 0.826. The van der Waals surface area contributed by atoms with Crippen molar-refractivity contribution in [2.45, 2.75) is 26.2 Å². The molecule has 0 bridgehead atoms. The summed E-state index contributed by atoms with van der Waals surface area (Å²) in [4.78, 5) is 25.5. The highest BCUT2D eigenvalue weighted by atomic mass is 16.2. The maximum atomic E-state index is 12.4. The summed E-state index contributed by atoms with van der Waals surface area (Å²) < 4.78 is 1.73. The molecule has 0 aliphatic carbocycles. The Morgan fingerprint density at radius 2 is 1.73 bits per heavy atom. The van der Waals surface area contributed by atoms with Crippen LogP contribution >= 0.6 is 0 Å². The summed E-state index contributed by atoms with van der Waals surface area (Å²) in [5, 5.41) is 10.1. The largest absolute Gasteiger partial charge is 0.358 e. The molecule has 7 nitrogen and oxygen atoms in total. The molecule has 0 atom stereocenters. The van der Waals surface area contributed by atoms with E-state index in [-0.39, 0.29) is 30.3 Å². The van der Waals surface area contributed by atoms with Gasteiger partial charge in [0, 0.05) is 18.5 Å². The van der Waals surface area contributed by atoms with Crippen molar-refractivity contribution in [3.05, 3.63) is 42.1 Å². The molecular weight excluding hydrogens is 330 g/mol. The van der Waals surface area contributed by atoms with Gasteiger partial charge in [-0.05, 0) is 19.2 Å². The van der Waals surface area contributed by atoms with Crippen molar-refractivity contribution in [3.8, 4) is 5.69 Å². The van der Waals surface area contributed by atoms with Crippen molar-refractivity contribution in [2.75, 3.05) is 32.5 Å². The van der Waals surface area contributed by atoms with Gasteiger partial charge >= 0.3 is 0 Å². The lowest BCUT2D eigenvalue weighted by Gasteiger charge is -2.15. The van der Waals surface area contributed by atoms with Gasteiger partial charge in [0.25, 0.3) is 0 Å². The lowest BCUT2D eigenvalue weighted by molar-refractivity contribution is -0.122. The van der Waals surface area contributed by atoms with E-state index < -0.39 is 0 Å². The number of para-hydroxylation sites is 1. The number of nitrogens with zero attached hydrogens (tertiary/aromatic N) is 3. The van der Waals surface area contributed by atoms with Crippen molar-refractivity contribution in [1.82, 2.24) is 20.0 Å². The zero-order chi connectivity index (χ0) is 19.3. The van der Waals surface area contributed by atoms with E-state index in [1.807, 2.05) is 36.4 Å². The predicted octanol–water partition coefficient (Wildman–Crippen LogP) is 1.79. The summed E-state index contributed by atoms with van der Waals surface area (Å²) in [7, 11) is 3.30. The molecule has 0 fully saturated rings. The Balaban J connectivity index is 2.21. The Morgan fingerprint density at radius 1 is 1.12 bits per heavy atom. The number of carbonyl (C=O) groups is 2. The summed E-state index contributed by atoms with van der Waals surface area (Å²) in [5.41, 5.74) is 1.61. The molecule has 0 unspecified atom stereocenters. The SMILES string of the molecule is CNC(=O)CN(C)CC(=O)Nc1cc(C(C)(C)C)nn1-c1ccccc1. The normalized spacial score (nSPS) is 11.5. The van der Waals surface area contributed by atoms with E-state index in [0.717, 1.165) is 11.4 Å². The van der Waals surface area contributed by atoms with Crippen LogP contribution in [-0.4, -0.2) is 53.7 Å². The first-order valence-corrected chi connectivity index (χ1v) is 8.55. The average molecular weight is 357 g/mol. The monoisotopic (exact) mass is 357 g/mol. The first-order chi connectivity index (χ1) is 12.2. The molecule has 0 radical (unpaired) electrons. The van der Waals surface area contributed by atoms with Crippen LogP contribution in [0.2, 0.25) is 0 Å². The van der Waals surface area contributed by atoms with Gasteiger partial charge in [0.1, 0.15) is 5.82 Å². The summed E-state index contributed by atoms with van der Waals surface area (Å²) in [6.45, 7) is 6.50. The number of aromatic nitrogens is 2. The Labute approximate surface area is 154 Å². The van der Waals surface area contributed by atoms with Gasteiger partial charge in [-0.2, -0.15) is 5.10 Å². The maximum absolute atomic E-state index is 12.4. The van der Waals surface area contributed by atoms with Gasteiger partial charge < -0.3 is 10.6 Å². The third-order valence-corrected chi connectivity index (χ3v) is 3.85. The van der Waals surface area contributed by atoms with E-state index >= 15 is 0 Å². The molecular formula is C19H27N5O2. The topological polar surface area (TPSA) is 79.3 Å². The molecule has 0 aliphatic rings. The van der Waals surface area contributed by atoms with Crippen molar-refractivity contribution in [1.29, 1.82) is 0 Å². The number of carbonyl (C=O) groups excluding carboxylic acids is 2. The van der Waals surface area contributed by atoms with Crippen LogP contribution in [0.25, 0.3) is 5.69 Å². The van der Waals surface area contributed by atoms with Gasteiger partial charge in [0.05, 0.1) is 24.5 Å². The molecule has 0 saturated heterocycles. The van der Waals surface area contributed by atoms with Gasteiger partial charge in [-0.25, -0.2) is 4.68 Å². The summed E-state index contributed by atoms with van der Waals surface area (Å²) >= 11 is 0. The smallest absolute Gasteiger partial charge is 0.239 e. The minimum atomic E-state index is -0.200. The fraction of sp³-hybridized carbons (Fsp3) is 0.421. The van der Waals surface area contributed by atoms with Crippen LogP contribution in [0.15, 0.2) is 36.4 Å². The molecule has 140 valence electrons. The van der Waals surface area contributed by atoms with Crippen LogP contribution in [0.5, 0.6) is 0 Å². The molecule has 2 N–H and O–H groups in total. The fourth-order valence-electron chi connectivity index (χ4n) is 2.41. The van der Waals surface area contributed by atoms with Crippen LogP contribution in [0, 0.1) is 0 Å². The average Bonchev–Trinajstić information content (AvgIpc) is 2.99. The second kappa shape index (κ2) is 8.14. The third-order valence-electron chi connectivity index (χ3n) is 3.85. The molecule has 0 spiro atoms. The second-order valence-electron chi connectivity index (χ2n) is 7.31. The Kier molecular flexibility index (Phi) is 6.15. The number of hydrogen-bond donors (Lipinski definition) is 2. The molecule has 1 aromatic heterocycles. The summed E-state index contributed by atoms with van der Waals surface area (Å²) in [6, 6.07) is 11.6. The molecule has 1 heterocycles. The molecule has 0 saturated carbocycles. The number of amides is 2. The number of hydrogen-bond acceptors (Lipinski definition) is 4. The number of benzene rings is 1. The minimum absolute atomic E-state index is 0.109. The highest BCUT2D eigenvalue weighted by molar-refractivity contribution is 5.92. The van der Waals surface area contributed by atoms with Crippen molar-refractivity contribution >= 4 is 17.6 Å². The summed E-state index contributed by atoms with van der Waals surface area (Å²) in [6.07, 6.45) is 0. The molecule has 2 rings (SSSR count). The molecule has 2 aromatic rings. The molecule has 1 aromatic carbocycles. The van der Waals surface area contributed by atoms with Gasteiger partial charge in [0.15, 0.2) is 0 Å². The van der Waals surface area contributed by atoms with Gasteiger partial charge in [0.2, 0.25) is 11.8 Å². The molecule has 7 heteroatoms. The van der Waals surface area contributed by atoms with E-state index in [4.69, 9.17) is 0 Å². The van der Waals surface area contributed by atoms with E-state index in [2.05, 4.69) is 36.5 Å². The second-order valence-corrected chi connectivity index (χ2v) is 7.31. The zero-order valence-electron chi connectivity index (χ0n) is 16.0. The Bertz CT molecular complexity index is 762. The molecule has 2 amide bonds. The first kappa shape index (κ1) is 19.7. The van der Waals surface area contributed by atoms with Crippen LogP contribution in [-0.2, 0) is 15.0 Å². The Hall–Kier alpha value is -2.67. The number of anilines is 1. The zero-order valence-corrected chi connectivity index (χ0v) is 16.0. The maximum Gasteiger partial charge on any atom is 0.239 e. The van der Waals surface area contributed by atoms with E-state index in [0.29, 0.717) is 5.82 Å². The van der Waals surface area contributed by atoms with Crippen LogP contribution < -0.4 is 10.6 Å². The van der Waals surface area contributed by atoms with Crippen molar-refractivity contribution < 1.29 is 9.59 Å². The molecule has 26 heavy (non-hydrogen) atoms.